The van der Waals surface area contributed by atoms with Gasteiger partial charge >= 0.3 is 12.6 Å². The number of rotatable bonds is 9. The molecule has 1 aliphatic rings. The standard InChI is InChI=1S/C24H22F2N4O5S/c1-4-34-22(31)17(11-14-5-10-19(35-23(25)26)20(12-14)33-3)18-13-36-24-28-27-21(30(24)29-18)15-6-8-16(32-2)9-7-15/h5-12,23H,4,13H2,1-3H3. The third-order valence-corrected chi connectivity index (χ3v) is 5.97. The largest absolute Gasteiger partial charge is 0.497 e. The van der Waals surface area contributed by atoms with Gasteiger partial charge in [0.1, 0.15) is 5.75 Å². The molecule has 0 saturated carbocycles. The van der Waals surface area contributed by atoms with Crippen LogP contribution < -0.4 is 14.2 Å². The molecule has 0 saturated heterocycles. The van der Waals surface area contributed by atoms with Crippen LogP contribution in [0.3, 0.4) is 0 Å². The van der Waals surface area contributed by atoms with Crippen molar-refractivity contribution < 1.29 is 32.5 Å². The normalized spacial score (nSPS) is 13.2. The second-order valence-electron chi connectivity index (χ2n) is 7.25. The highest BCUT2D eigenvalue weighted by Gasteiger charge is 2.26. The van der Waals surface area contributed by atoms with Crippen molar-refractivity contribution in [1.82, 2.24) is 14.9 Å². The summed E-state index contributed by atoms with van der Waals surface area (Å²) < 4.78 is 47.1. The Morgan fingerprint density at radius 1 is 1.11 bits per heavy atom. The van der Waals surface area contributed by atoms with Gasteiger partial charge in [-0.15, -0.1) is 10.2 Å². The molecule has 0 N–H and O–H groups in total. The molecule has 2 heterocycles. The lowest BCUT2D eigenvalue weighted by Gasteiger charge is -2.16. The van der Waals surface area contributed by atoms with Gasteiger partial charge in [-0.1, -0.05) is 17.8 Å². The quantitative estimate of drug-likeness (QED) is 0.303. The van der Waals surface area contributed by atoms with E-state index in [4.69, 9.17) is 14.2 Å². The molecule has 0 amide bonds. The van der Waals surface area contributed by atoms with Crippen molar-refractivity contribution >= 4 is 29.5 Å². The van der Waals surface area contributed by atoms with Crippen molar-refractivity contribution in [1.29, 1.82) is 0 Å². The van der Waals surface area contributed by atoms with Gasteiger partial charge in [-0.25, -0.2) is 4.79 Å². The Morgan fingerprint density at radius 2 is 1.89 bits per heavy atom. The molecule has 3 aromatic rings. The summed E-state index contributed by atoms with van der Waals surface area (Å²) in [7, 11) is 2.92. The summed E-state index contributed by atoms with van der Waals surface area (Å²) >= 11 is 1.37. The second kappa shape index (κ2) is 11.2. The Morgan fingerprint density at radius 3 is 2.56 bits per heavy atom. The number of ether oxygens (including phenoxy) is 4. The molecule has 12 heteroatoms. The van der Waals surface area contributed by atoms with Crippen molar-refractivity contribution in [3.63, 3.8) is 0 Å². The maximum Gasteiger partial charge on any atom is 0.387 e. The second-order valence-corrected chi connectivity index (χ2v) is 8.19. The number of thioether (sulfide) groups is 1. The minimum absolute atomic E-state index is 0.0927. The van der Waals surface area contributed by atoms with Crippen LogP contribution in [0.15, 0.2) is 58.3 Å². The lowest BCUT2D eigenvalue weighted by molar-refractivity contribution is -0.137. The molecule has 9 nitrogen and oxygen atoms in total. The molecule has 4 rings (SSSR count). The minimum Gasteiger partial charge on any atom is -0.497 e. The van der Waals surface area contributed by atoms with Crippen LogP contribution in [0.5, 0.6) is 17.2 Å². The number of carbonyl (C=O) groups is 1. The van der Waals surface area contributed by atoms with E-state index < -0.39 is 12.6 Å². The zero-order valence-corrected chi connectivity index (χ0v) is 20.4. The number of aromatic nitrogens is 3. The Balaban J connectivity index is 1.74. The van der Waals surface area contributed by atoms with Gasteiger partial charge in [-0.2, -0.15) is 18.6 Å². The zero-order chi connectivity index (χ0) is 25.7. The summed E-state index contributed by atoms with van der Waals surface area (Å²) in [6.45, 7) is -1.13. The number of carbonyl (C=O) groups excluding carboxylic acids is 1. The number of esters is 1. The highest BCUT2D eigenvalue weighted by molar-refractivity contribution is 7.99. The molecule has 0 unspecified atom stereocenters. The van der Waals surface area contributed by atoms with Crippen LogP contribution in [-0.4, -0.2) is 59.7 Å². The van der Waals surface area contributed by atoms with E-state index in [0.29, 0.717) is 33.8 Å². The monoisotopic (exact) mass is 516 g/mol. The number of alkyl halides is 2. The molecule has 0 atom stereocenters. The number of hydrogen-bond donors (Lipinski definition) is 0. The van der Waals surface area contributed by atoms with E-state index in [9.17, 15) is 13.6 Å². The van der Waals surface area contributed by atoms with Crippen LogP contribution in [0.25, 0.3) is 17.5 Å². The van der Waals surface area contributed by atoms with Crippen molar-refractivity contribution in [2.75, 3.05) is 26.6 Å². The average molecular weight is 517 g/mol. The fourth-order valence-corrected chi connectivity index (χ4v) is 4.21. The number of fused-ring (bicyclic) bond motifs is 1. The van der Waals surface area contributed by atoms with Gasteiger partial charge in [0.25, 0.3) is 0 Å². The van der Waals surface area contributed by atoms with Gasteiger partial charge in [0, 0.05) is 11.3 Å². The van der Waals surface area contributed by atoms with Gasteiger partial charge in [-0.05, 0) is 55.0 Å². The SMILES string of the molecule is CCOC(=O)C(=Cc1ccc(OC(F)F)c(OC)c1)C1=Nn2c(nnc2-c2ccc(OC)cc2)SC1. The third-order valence-electron chi connectivity index (χ3n) is 5.04. The van der Waals surface area contributed by atoms with Gasteiger partial charge in [-0.3, -0.25) is 0 Å². The number of nitrogens with zero attached hydrogens (tertiary/aromatic N) is 4. The number of methoxy groups -OCH3 is 2. The van der Waals surface area contributed by atoms with Crippen molar-refractivity contribution in [2.45, 2.75) is 18.7 Å². The molecule has 188 valence electrons. The molecular weight excluding hydrogens is 494 g/mol. The zero-order valence-electron chi connectivity index (χ0n) is 19.6. The fraction of sp³-hybridized carbons (Fsp3) is 0.250. The molecule has 1 aromatic heterocycles. The minimum atomic E-state index is -3.00. The number of benzene rings is 2. The molecule has 0 spiro atoms. The maximum absolute atomic E-state index is 12.9. The van der Waals surface area contributed by atoms with Crippen molar-refractivity contribution in [3.8, 4) is 28.6 Å². The predicted molar refractivity (Wildman–Crippen MR) is 130 cm³/mol. The average Bonchev–Trinajstić information content (AvgIpc) is 3.31. The molecule has 0 radical (unpaired) electrons. The van der Waals surface area contributed by atoms with E-state index in [2.05, 4.69) is 20.0 Å². The topological polar surface area (TPSA) is 97.1 Å². The Labute approximate surface area is 209 Å². The van der Waals surface area contributed by atoms with Crippen molar-refractivity contribution in [3.05, 3.63) is 53.6 Å². The highest BCUT2D eigenvalue weighted by Crippen LogP contribution is 2.32. The van der Waals surface area contributed by atoms with Gasteiger partial charge < -0.3 is 18.9 Å². The summed E-state index contributed by atoms with van der Waals surface area (Å²) in [5.74, 6) is 0.932. The maximum atomic E-state index is 12.9. The summed E-state index contributed by atoms with van der Waals surface area (Å²) in [5.41, 5.74) is 1.91. The lowest BCUT2D eigenvalue weighted by Crippen LogP contribution is -2.21. The number of hydrogen-bond acceptors (Lipinski definition) is 9. The molecule has 2 aromatic carbocycles. The first-order chi connectivity index (χ1) is 17.4. The van der Waals surface area contributed by atoms with E-state index >= 15 is 0 Å². The molecule has 0 bridgehead atoms. The first kappa shape index (κ1) is 25.2. The molecule has 0 aliphatic carbocycles. The van der Waals surface area contributed by atoms with Crippen LogP contribution >= 0.6 is 11.8 Å². The van der Waals surface area contributed by atoms with Crippen LogP contribution in [0.1, 0.15) is 12.5 Å². The van der Waals surface area contributed by atoms with Crippen LogP contribution in [0, 0.1) is 0 Å². The van der Waals surface area contributed by atoms with E-state index in [-0.39, 0.29) is 23.7 Å². The summed E-state index contributed by atoms with van der Waals surface area (Å²) in [5, 5.41) is 13.7. The molecule has 36 heavy (non-hydrogen) atoms. The fourth-order valence-electron chi connectivity index (χ4n) is 3.38. The summed E-state index contributed by atoms with van der Waals surface area (Å²) in [6, 6.07) is 11.6. The first-order valence-electron chi connectivity index (χ1n) is 10.8. The summed E-state index contributed by atoms with van der Waals surface area (Å²) in [6.07, 6.45) is 1.56. The predicted octanol–water partition coefficient (Wildman–Crippen LogP) is 4.52. The van der Waals surface area contributed by atoms with E-state index in [1.807, 2.05) is 12.1 Å². The summed E-state index contributed by atoms with van der Waals surface area (Å²) in [4.78, 5) is 12.9. The van der Waals surface area contributed by atoms with Crippen molar-refractivity contribution in [2.24, 2.45) is 5.10 Å². The molecule has 1 aliphatic heterocycles. The molecular formula is C24H22F2N4O5S. The Kier molecular flexibility index (Phi) is 7.84. The third kappa shape index (κ3) is 5.48. The highest BCUT2D eigenvalue weighted by atomic mass is 32.2. The molecule has 0 fully saturated rings. The van der Waals surface area contributed by atoms with Crippen LogP contribution in [0.2, 0.25) is 0 Å². The number of halogens is 2. The lowest BCUT2D eigenvalue weighted by atomic mass is 10.1. The van der Waals surface area contributed by atoms with E-state index in [1.165, 1.54) is 37.1 Å². The van der Waals surface area contributed by atoms with E-state index in [1.54, 1.807) is 36.9 Å². The Bertz CT molecular complexity index is 1310. The smallest absolute Gasteiger partial charge is 0.387 e. The van der Waals surface area contributed by atoms with Crippen LogP contribution in [0.4, 0.5) is 8.78 Å². The van der Waals surface area contributed by atoms with E-state index in [0.717, 1.165) is 5.56 Å². The van der Waals surface area contributed by atoms with Crippen LogP contribution in [-0.2, 0) is 9.53 Å². The Hall–Kier alpha value is -3.93. The van der Waals surface area contributed by atoms with Gasteiger partial charge in [0.15, 0.2) is 17.3 Å². The van der Waals surface area contributed by atoms with Gasteiger partial charge in [0.2, 0.25) is 5.16 Å². The van der Waals surface area contributed by atoms with Gasteiger partial charge in [0.05, 0.1) is 32.1 Å². The first-order valence-corrected chi connectivity index (χ1v) is 11.7.